The molecule has 1 fully saturated rings. The van der Waals surface area contributed by atoms with Crippen LogP contribution in [0.2, 0.25) is 0 Å². The molecular formula is C32H26N8O. The average Bonchev–Trinajstić information content (AvgIpc) is 3.41. The van der Waals surface area contributed by atoms with Crippen molar-refractivity contribution in [2.45, 2.75) is 6.54 Å². The molecule has 9 nitrogen and oxygen atoms in total. The Hall–Kier alpha value is -5.33. The second-order valence-electron chi connectivity index (χ2n) is 10.2. The van der Waals surface area contributed by atoms with E-state index in [9.17, 15) is 4.79 Å². The Morgan fingerprint density at radius 1 is 0.878 bits per heavy atom. The standard InChI is InChI=1S/C32H26N8O/c33-20-23-5-3-6-25(19-23)32(41)39-17-15-38(16-18-39)21-22-10-12-24(13-11-22)30-36-37-31-26-7-1-2-8-27(26)35-29-28(40(30)31)9-4-14-34-29/h1-14,19H,15-18,21H2,(H,34,35). The molecule has 1 saturated heterocycles. The molecule has 0 bridgehead atoms. The number of carbonyl (C=O) groups is 1. The number of benzene rings is 3. The van der Waals surface area contributed by atoms with Crippen molar-refractivity contribution in [1.29, 1.82) is 5.26 Å². The number of nitrogens with zero attached hydrogens (tertiary/aromatic N) is 7. The third-order valence-corrected chi connectivity index (χ3v) is 7.63. The van der Waals surface area contributed by atoms with Gasteiger partial charge in [0.1, 0.15) is 0 Å². The van der Waals surface area contributed by atoms with Crippen LogP contribution in [-0.2, 0) is 6.54 Å². The zero-order chi connectivity index (χ0) is 27.8. The summed E-state index contributed by atoms with van der Waals surface area (Å²) >= 11 is 0. The summed E-state index contributed by atoms with van der Waals surface area (Å²) in [5.74, 6) is 2.26. The van der Waals surface area contributed by atoms with Crippen LogP contribution in [0.25, 0.3) is 28.5 Å². The van der Waals surface area contributed by atoms with Crippen LogP contribution in [0.3, 0.4) is 0 Å². The van der Waals surface area contributed by atoms with Gasteiger partial charge in [0.05, 0.1) is 23.0 Å². The van der Waals surface area contributed by atoms with Gasteiger partial charge in [0.15, 0.2) is 17.5 Å². The first-order valence-corrected chi connectivity index (χ1v) is 13.6. The SMILES string of the molecule is N#Cc1cccc(C(=O)N2CCN(Cc3ccc(-c4nnc5n4-c4cccnc4Nc4ccccc4-5)cc3)CC2)c1. The van der Waals surface area contributed by atoms with Crippen LogP contribution < -0.4 is 5.32 Å². The molecule has 0 spiro atoms. The highest BCUT2D eigenvalue weighted by Crippen LogP contribution is 2.39. The van der Waals surface area contributed by atoms with Crippen LogP contribution >= 0.6 is 0 Å². The van der Waals surface area contributed by atoms with Crippen LogP contribution in [0.4, 0.5) is 11.5 Å². The van der Waals surface area contributed by atoms with Gasteiger partial charge < -0.3 is 10.2 Å². The molecule has 1 N–H and O–H groups in total. The highest BCUT2D eigenvalue weighted by Gasteiger charge is 2.25. The van der Waals surface area contributed by atoms with Gasteiger partial charge in [-0.2, -0.15) is 5.26 Å². The molecule has 7 rings (SSSR count). The summed E-state index contributed by atoms with van der Waals surface area (Å²) in [5.41, 5.74) is 6.04. The topological polar surface area (TPSA) is 103 Å². The van der Waals surface area contributed by atoms with E-state index in [1.165, 1.54) is 5.56 Å². The molecule has 4 heterocycles. The Kier molecular flexibility index (Phi) is 6.22. The monoisotopic (exact) mass is 538 g/mol. The van der Waals surface area contributed by atoms with Crippen molar-refractivity contribution in [2.75, 3.05) is 31.5 Å². The van der Waals surface area contributed by atoms with Gasteiger partial charge in [-0.15, -0.1) is 10.2 Å². The summed E-state index contributed by atoms with van der Waals surface area (Å²) in [5, 5.41) is 21.8. The van der Waals surface area contributed by atoms with E-state index in [0.29, 0.717) is 24.2 Å². The number of rotatable bonds is 4. The van der Waals surface area contributed by atoms with Crippen molar-refractivity contribution < 1.29 is 4.79 Å². The van der Waals surface area contributed by atoms with Gasteiger partial charge in [0.25, 0.3) is 5.91 Å². The summed E-state index contributed by atoms with van der Waals surface area (Å²) in [4.78, 5) is 21.7. The number of carbonyl (C=O) groups excluding carboxylic acids is 1. The van der Waals surface area contributed by atoms with E-state index in [1.807, 2.05) is 41.3 Å². The third kappa shape index (κ3) is 4.60. The molecule has 3 aromatic carbocycles. The molecule has 0 radical (unpaired) electrons. The molecule has 5 aromatic rings. The lowest BCUT2D eigenvalue weighted by molar-refractivity contribution is 0.0628. The highest BCUT2D eigenvalue weighted by molar-refractivity contribution is 5.94. The summed E-state index contributed by atoms with van der Waals surface area (Å²) in [6.45, 7) is 3.69. The lowest BCUT2D eigenvalue weighted by Gasteiger charge is -2.34. The number of fused-ring (bicyclic) bond motifs is 5. The van der Waals surface area contributed by atoms with Crippen molar-refractivity contribution >= 4 is 17.4 Å². The lowest BCUT2D eigenvalue weighted by atomic mass is 10.1. The van der Waals surface area contributed by atoms with Gasteiger partial charge in [-0.3, -0.25) is 14.3 Å². The second-order valence-corrected chi connectivity index (χ2v) is 10.2. The maximum absolute atomic E-state index is 12.9. The summed E-state index contributed by atoms with van der Waals surface area (Å²) in [7, 11) is 0. The number of para-hydroxylation sites is 1. The smallest absolute Gasteiger partial charge is 0.253 e. The Bertz CT molecular complexity index is 1800. The molecule has 1 amide bonds. The molecule has 0 saturated carbocycles. The van der Waals surface area contributed by atoms with Crippen molar-refractivity contribution in [2.24, 2.45) is 0 Å². The molecule has 0 atom stereocenters. The van der Waals surface area contributed by atoms with Gasteiger partial charge in [-0.05, 0) is 48.0 Å². The minimum Gasteiger partial charge on any atom is -0.338 e. The van der Waals surface area contributed by atoms with E-state index in [2.05, 4.69) is 60.3 Å². The van der Waals surface area contributed by atoms with Crippen LogP contribution in [0.15, 0.2) is 91.1 Å². The van der Waals surface area contributed by atoms with Crippen LogP contribution in [0, 0.1) is 11.3 Å². The Labute approximate surface area is 237 Å². The van der Waals surface area contributed by atoms with Crippen LogP contribution in [0.1, 0.15) is 21.5 Å². The predicted octanol–water partition coefficient (Wildman–Crippen LogP) is 4.88. The van der Waals surface area contributed by atoms with E-state index < -0.39 is 0 Å². The highest BCUT2D eigenvalue weighted by atomic mass is 16.2. The maximum Gasteiger partial charge on any atom is 0.253 e. The number of aromatic nitrogens is 4. The van der Waals surface area contributed by atoms with Crippen molar-refractivity contribution in [1.82, 2.24) is 29.5 Å². The summed E-state index contributed by atoms with van der Waals surface area (Å²) < 4.78 is 2.07. The molecule has 0 unspecified atom stereocenters. The van der Waals surface area contributed by atoms with E-state index in [0.717, 1.165) is 59.6 Å². The first-order chi connectivity index (χ1) is 20.2. The molecule has 0 aliphatic carbocycles. The van der Waals surface area contributed by atoms with Gasteiger partial charge in [-0.1, -0.05) is 42.5 Å². The Morgan fingerprint density at radius 2 is 1.68 bits per heavy atom. The van der Waals surface area contributed by atoms with Gasteiger partial charge >= 0.3 is 0 Å². The molecule has 200 valence electrons. The van der Waals surface area contributed by atoms with Crippen molar-refractivity contribution in [3.05, 3.63) is 108 Å². The number of pyridine rings is 1. The zero-order valence-corrected chi connectivity index (χ0v) is 22.2. The van der Waals surface area contributed by atoms with E-state index in [4.69, 9.17) is 5.26 Å². The second kappa shape index (κ2) is 10.3. The number of piperazine rings is 1. The summed E-state index contributed by atoms with van der Waals surface area (Å²) in [6, 6.07) is 29.5. The van der Waals surface area contributed by atoms with E-state index >= 15 is 0 Å². The minimum atomic E-state index is -0.0202. The lowest BCUT2D eigenvalue weighted by Crippen LogP contribution is -2.48. The van der Waals surface area contributed by atoms with Crippen molar-refractivity contribution in [3.63, 3.8) is 0 Å². The van der Waals surface area contributed by atoms with Crippen LogP contribution in [-0.4, -0.2) is 61.6 Å². The fourth-order valence-electron chi connectivity index (χ4n) is 5.49. The number of anilines is 2. The zero-order valence-electron chi connectivity index (χ0n) is 22.2. The Balaban J connectivity index is 1.08. The third-order valence-electron chi connectivity index (χ3n) is 7.63. The normalized spacial score (nSPS) is 14.2. The molecule has 41 heavy (non-hydrogen) atoms. The molecular weight excluding hydrogens is 512 g/mol. The fourth-order valence-corrected chi connectivity index (χ4v) is 5.49. The first kappa shape index (κ1) is 24.7. The van der Waals surface area contributed by atoms with Gasteiger partial charge in [-0.25, -0.2) is 4.98 Å². The fraction of sp³-hybridized carbons (Fsp3) is 0.156. The summed E-state index contributed by atoms with van der Waals surface area (Å²) in [6.07, 6.45) is 1.78. The quantitative estimate of drug-likeness (QED) is 0.341. The Morgan fingerprint density at radius 3 is 2.51 bits per heavy atom. The minimum absolute atomic E-state index is 0.0202. The number of hydrogen-bond donors (Lipinski definition) is 1. The van der Waals surface area contributed by atoms with E-state index in [1.54, 1.807) is 30.5 Å². The van der Waals surface area contributed by atoms with Gasteiger partial charge in [0.2, 0.25) is 0 Å². The number of nitriles is 1. The average molecular weight is 539 g/mol. The largest absolute Gasteiger partial charge is 0.338 e. The first-order valence-electron chi connectivity index (χ1n) is 13.6. The molecule has 2 aliphatic rings. The molecule has 9 heteroatoms. The maximum atomic E-state index is 12.9. The molecule has 2 aliphatic heterocycles. The predicted molar refractivity (Wildman–Crippen MR) is 156 cm³/mol. The van der Waals surface area contributed by atoms with Gasteiger partial charge in [0, 0.05) is 55.6 Å². The van der Waals surface area contributed by atoms with Crippen LogP contribution in [0.5, 0.6) is 0 Å². The number of nitrogens with one attached hydrogen (secondary N) is 1. The van der Waals surface area contributed by atoms with E-state index in [-0.39, 0.29) is 5.91 Å². The molecule has 2 aromatic heterocycles. The number of hydrogen-bond acceptors (Lipinski definition) is 7. The van der Waals surface area contributed by atoms with Crippen molar-refractivity contribution in [3.8, 4) is 34.5 Å². The number of amides is 1.